The summed E-state index contributed by atoms with van der Waals surface area (Å²) in [4.78, 5) is 14.9. The van der Waals surface area contributed by atoms with Crippen molar-refractivity contribution in [1.29, 1.82) is 0 Å². The Morgan fingerprint density at radius 1 is 1.16 bits per heavy atom. The van der Waals surface area contributed by atoms with Crippen LogP contribution in [0.3, 0.4) is 0 Å². The Kier molecular flexibility index (Phi) is 4.35. The smallest absolute Gasteiger partial charge is 0.169 e. The van der Waals surface area contributed by atoms with Crippen LogP contribution in [-0.2, 0) is 0 Å². The van der Waals surface area contributed by atoms with Gasteiger partial charge in [0, 0.05) is 17.5 Å². The van der Waals surface area contributed by atoms with Crippen molar-refractivity contribution in [2.75, 3.05) is 19.6 Å². The van der Waals surface area contributed by atoms with Gasteiger partial charge in [0.05, 0.1) is 0 Å². The molecular formula is C16H22FNO. The summed E-state index contributed by atoms with van der Waals surface area (Å²) in [7, 11) is 0. The SMILES string of the molecule is CC(C)(CN1CCCCC1)C(=O)c1ccc(F)cc1. The standard InChI is InChI=1S/C16H22FNO/c1-16(2,12-18-10-4-3-5-11-18)15(19)13-6-8-14(17)9-7-13/h6-9H,3-5,10-12H2,1-2H3. The van der Waals surface area contributed by atoms with Crippen molar-refractivity contribution in [2.24, 2.45) is 5.41 Å². The summed E-state index contributed by atoms with van der Waals surface area (Å²) in [5, 5.41) is 0. The van der Waals surface area contributed by atoms with Gasteiger partial charge < -0.3 is 4.90 Å². The highest BCUT2D eigenvalue weighted by Gasteiger charge is 2.31. The molecule has 0 atom stereocenters. The highest BCUT2D eigenvalue weighted by molar-refractivity contribution is 6.00. The van der Waals surface area contributed by atoms with E-state index in [1.165, 1.54) is 31.4 Å². The predicted octanol–water partition coefficient (Wildman–Crippen LogP) is 3.52. The molecule has 1 heterocycles. The summed E-state index contributed by atoms with van der Waals surface area (Å²) >= 11 is 0. The number of carbonyl (C=O) groups excluding carboxylic acids is 1. The predicted molar refractivity (Wildman–Crippen MR) is 74.8 cm³/mol. The summed E-state index contributed by atoms with van der Waals surface area (Å²) in [6.45, 7) is 6.91. The van der Waals surface area contributed by atoms with E-state index in [0.29, 0.717) is 5.56 Å². The number of rotatable bonds is 4. The molecule has 104 valence electrons. The number of likely N-dealkylation sites (tertiary alicyclic amines) is 1. The molecule has 19 heavy (non-hydrogen) atoms. The maximum absolute atomic E-state index is 12.9. The summed E-state index contributed by atoms with van der Waals surface area (Å²) in [6.07, 6.45) is 3.74. The maximum atomic E-state index is 12.9. The molecule has 0 aromatic heterocycles. The minimum Gasteiger partial charge on any atom is -0.302 e. The zero-order valence-corrected chi connectivity index (χ0v) is 11.8. The van der Waals surface area contributed by atoms with Crippen LogP contribution in [0, 0.1) is 11.2 Å². The van der Waals surface area contributed by atoms with Gasteiger partial charge in [-0.05, 0) is 50.2 Å². The first-order valence-corrected chi connectivity index (χ1v) is 7.02. The maximum Gasteiger partial charge on any atom is 0.169 e. The Labute approximate surface area is 114 Å². The molecule has 1 aliphatic rings. The van der Waals surface area contributed by atoms with Gasteiger partial charge >= 0.3 is 0 Å². The number of carbonyl (C=O) groups is 1. The molecule has 0 amide bonds. The van der Waals surface area contributed by atoms with Gasteiger partial charge in [-0.3, -0.25) is 4.79 Å². The number of piperidine rings is 1. The Morgan fingerprint density at radius 3 is 2.32 bits per heavy atom. The second-order valence-corrected chi connectivity index (χ2v) is 6.06. The third kappa shape index (κ3) is 3.63. The van der Waals surface area contributed by atoms with Crippen LogP contribution in [0.1, 0.15) is 43.5 Å². The molecule has 0 unspecified atom stereocenters. The van der Waals surface area contributed by atoms with E-state index >= 15 is 0 Å². The van der Waals surface area contributed by atoms with Crippen LogP contribution < -0.4 is 0 Å². The van der Waals surface area contributed by atoms with E-state index in [4.69, 9.17) is 0 Å². The molecule has 0 aliphatic carbocycles. The number of ketones is 1. The largest absolute Gasteiger partial charge is 0.302 e. The zero-order chi connectivity index (χ0) is 13.9. The van der Waals surface area contributed by atoms with Crippen molar-refractivity contribution < 1.29 is 9.18 Å². The number of hydrogen-bond donors (Lipinski definition) is 0. The summed E-state index contributed by atoms with van der Waals surface area (Å²) < 4.78 is 12.9. The highest BCUT2D eigenvalue weighted by Crippen LogP contribution is 2.25. The van der Waals surface area contributed by atoms with Crippen LogP contribution in [0.25, 0.3) is 0 Å². The first-order chi connectivity index (χ1) is 8.99. The minimum atomic E-state index is -0.421. The lowest BCUT2D eigenvalue weighted by Crippen LogP contribution is -2.41. The second kappa shape index (κ2) is 5.83. The van der Waals surface area contributed by atoms with Crippen LogP contribution in [0.4, 0.5) is 4.39 Å². The van der Waals surface area contributed by atoms with Crippen molar-refractivity contribution in [3.05, 3.63) is 35.6 Å². The number of benzene rings is 1. The number of Topliss-reactive ketones (excluding diaryl/α,β-unsaturated/α-hetero) is 1. The van der Waals surface area contributed by atoms with Gasteiger partial charge in [0.1, 0.15) is 5.82 Å². The number of nitrogens with zero attached hydrogens (tertiary/aromatic N) is 1. The molecule has 1 aliphatic heterocycles. The van der Waals surface area contributed by atoms with Crippen molar-refractivity contribution in [1.82, 2.24) is 4.90 Å². The van der Waals surface area contributed by atoms with E-state index in [-0.39, 0.29) is 11.6 Å². The monoisotopic (exact) mass is 263 g/mol. The fourth-order valence-electron chi connectivity index (χ4n) is 2.74. The molecule has 0 saturated carbocycles. The van der Waals surface area contributed by atoms with Crippen molar-refractivity contribution in [3.63, 3.8) is 0 Å². The third-order valence-electron chi connectivity index (χ3n) is 3.79. The summed E-state index contributed by atoms with van der Waals surface area (Å²) in [5.41, 5.74) is 0.179. The minimum absolute atomic E-state index is 0.0954. The molecule has 1 aromatic rings. The van der Waals surface area contributed by atoms with Gasteiger partial charge in [-0.2, -0.15) is 0 Å². The van der Waals surface area contributed by atoms with Crippen LogP contribution in [0.15, 0.2) is 24.3 Å². The van der Waals surface area contributed by atoms with Crippen molar-refractivity contribution in [3.8, 4) is 0 Å². The summed E-state index contributed by atoms with van der Waals surface area (Å²) in [5.74, 6) is -0.205. The van der Waals surface area contributed by atoms with Gasteiger partial charge in [-0.1, -0.05) is 20.3 Å². The van der Waals surface area contributed by atoms with E-state index in [2.05, 4.69) is 4.90 Å². The van der Waals surface area contributed by atoms with E-state index in [1.807, 2.05) is 13.8 Å². The van der Waals surface area contributed by atoms with E-state index in [9.17, 15) is 9.18 Å². The molecular weight excluding hydrogens is 241 g/mol. The zero-order valence-electron chi connectivity index (χ0n) is 11.8. The molecule has 0 N–H and O–H groups in total. The van der Waals surface area contributed by atoms with Crippen LogP contribution in [0.2, 0.25) is 0 Å². The molecule has 1 saturated heterocycles. The van der Waals surface area contributed by atoms with Crippen LogP contribution >= 0.6 is 0 Å². The fourth-order valence-corrected chi connectivity index (χ4v) is 2.74. The lowest BCUT2D eigenvalue weighted by molar-refractivity contribution is 0.0744. The quantitative estimate of drug-likeness (QED) is 0.775. The normalized spacial score (nSPS) is 17.4. The number of hydrogen-bond acceptors (Lipinski definition) is 2. The van der Waals surface area contributed by atoms with Gasteiger partial charge in [0.25, 0.3) is 0 Å². The lowest BCUT2D eigenvalue weighted by Gasteiger charge is -2.34. The van der Waals surface area contributed by atoms with Crippen molar-refractivity contribution >= 4 is 5.78 Å². The molecule has 2 rings (SSSR count). The average molecular weight is 263 g/mol. The molecule has 1 aromatic carbocycles. The average Bonchev–Trinajstić information content (AvgIpc) is 2.39. The van der Waals surface area contributed by atoms with E-state index < -0.39 is 5.41 Å². The third-order valence-corrected chi connectivity index (χ3v) is 3.79. The molecule has 0 bridgehead atoms. The van der Waals surface area contributed by atoms with Crippen LogP contribution in [0.5, 0.6) is 0 Å². The van der Waals surface area contributed by atoms with E-state index in [1.54, 1.807) is 12.1 Å². The Bertz CT molecular complexity index is 433. The lowest BCUT2D eigenvalue weighted by atomic mass is 9.83. The molecule has 2 nitrogen and oxygen atoms in total. The Morgan fingerprint density at radius 2 is 1.74 bits per heavy atom. The molecule has 0 radical (unpaired) electrons. The van der Waals surface area contributed by atoms with Gasteiger partial charge in [-0.15, -0.1) is 0 Å². The molecule has 3 heteroatoms. The second-order valence-electron chi connectivity index (χ2n) is 6.06. The Hall–Kier alpha value is -1.22. The number of halogens is 1. The summed E-state index contributed by atoms with van der Waals surface area (Å²) in [6, 6.07) is 5.86. The molecule has 1 fully saturated rings. The first-order valence-electron chi connectivity index (χ1n) is 7.02. The van der Waals surface area contributed by atoms with Gasteiger partial charge in [0.2, 0.25) is 0 Å². The van der Waals surface area contributed by atoms with Crippen LogP contribution in [-0.4, -0.2) is 30.3 Å². The van der Waals surface area contributed by atoms with Gasteiger partial charge in [0.15, 0.2) is 5.78 Å². The Balaban J connectivity index is 2.05. The topological polar surface area (TPSA) is 20.3 Å². The highest BCUT2D eigenvalue weighted by atomic mass is 19.1. The van der Waals surface area contributed by atoms with Gasteiger partial charge in [-0.25, -0.2) is 4.39 Å². The fraction of sp³-hybridized carbons (Fsp3) is 0.562. The van der Waals surface area contributed by atoms with E-state index in [0.717, 1.165) is 19.6 Å². The molecule has 0 spiro atoms. The van der Waals surface area contributed by atoms with Crippen molar-refractivity contribution in [2.45, 2.75) is 33.1 Å². The first kappa shape index (κ1) is 14.2.